The molecule has 0 N–H and O–H groups in total. The van der Waals surface area contributed by atoms with E-state index in [0.717, 1.165) is 17.0 Å². The Hall–Kier alpha value is -1.61. The van der Waals surface area contributed by atoms with Gasteiger partial charge in [0, 0.05) is 5.56 Å². The second-order valence-corrected chi connectivity index (χ2v) is 3.54. The van der Waals surface area contributed by atoms with Crippen molar-refractivity contribution in [2.45, 2.75) is 6.92 Å². The molecule has 0 aliphatic carbocycles. The minimum atomic E-state index is 0.379. The molecular weight excluding hydrogens is 224 g/mol. The molecule has 1 aromatic carbocycles. The minimum absolute atomic E-state index is 0.379. The van der Waals surface area contributed by atoms with E-state index in [1.165, 1.54) is 6.20 Å². The van der Waals surface area contributed by atoms with Gasteiger partial charge in [0.05, 0.1) is 24.7 Å². The van der Waals surface area contributed by atoms with Gasteiger partial charge in [0.15, 0.2) is 0 Å². The largest absolute Gasteiger partial charge is 0.493 e. The van der Waals surface area contributed by atoms with E-state index in [1.807, 2.05) is 31.2 Å². The van der Waals surface area contributed by atoms with Crippen molar-refractivity contribution in [1.82, 2.24) is 9.97 Å². The maximum atomic E-state index is 5.81. The van der Waals surface area contributed by atoms with Crippen molar-refractivity contribution in [2.75, 3.05) is 6.61 Å². The smallest absolute Gasteiger partial charge is 0.148 e. The van der Waals surface area contributed by atoms with E-state index in [1.54, 1.807) is 6.20 Å². The number of benzene rings is 1. The molecule has 4 heteroatoms. The van der Waals surface area contributed by atoms with Crippen molar-refractivity contribution < 1.29 is 4.74 Å². The average molecular weight is 235 g/mol. The van der Waals surface area contributed by atoms with E-state index < -0.39 is 0 Å². The van der Waals surface area contributed by atoms with Gasteiger partial charge < -0.3 is 4.74 Å². The van der Waals surface area contributed by atoms with E-state index in [4.69, 9.17) is 16.3 Å². The molecule has 0 atom stereocenters. The Labute approximate surface area is 99.1 Å². The molecule has 0 fully saturated rings. The first kappa shape index (κ1) is 10.9. The van der Waals surface area contributed by atoms with E-state index in [9.17, 15) is 0 Å². The van der Waals surface area contributed by atoms with Gasteiger partial charge in [-0.1, -0.05) is 23.7 Å². The van der Waals surface area contributed by atoms with Gasteiger partial charge in [-0.2, -0.15) is 0 Å². The Bertz CT molecular complexity index is 488. The second kappa shape index (κ2) is 4.94. The molecule has 0 radical (unpaired) electrons. The van der Waals surface area contributed by atoms with Crippen LogP contribution in [0.3, 0.4) is 0 Å². The fourth-order valence-corrected chi connectivity index (χ4v) is 1.58. The number of nitrogens with zero attached hydrogens (tertiary/aromatic N) is 2. The van der Waals surface area contributed by atoms with Crippen LogP contribution in [0.1, 0.15) is 6.92 Å². The van der Waals surface area contributed by atoms with Crippen LogP contribution in [0.5, 0.6) is 5.75 Å². The second-order valence-electron chi connectivity index (χ2n) is 3.16. The van der Waals surface area contributed by atoms with E-state index in [0.29, 0.717) is 11.8 Å². The van der Waals surface area contributed by atoms with Crippen LogP contribution in [0.15, 0.2) is 36.7 Å². The Balaban J connectivity index is 2.46. The third-order valence-corrected chi connectivity index (χ3v) is 2.25. The number of ether oxygens (including phenoxy) is 1. The zero-order valence-corrected chi connectivity index (χ0v) is 9.61. The fraction of sp³-hybridized carbons (Fsp3) is 0.167. The molecule has 0 spiro atoms. The van der Waals surface area contributed by atoms with Crippen molar-refractivity contribution in [3.05, 3.63) is 41.8 Å². The molecule has 3 nitrogen and oxygen atoms in total. The third kappa shape index (κ3) is 2.31. The molecule has 0 saturated carbocycles. The van der Waals surface area contributed by atoms with Crippen molar-refractivity contribution >= 4 is 11.6 Å². The molecule has 0 bridgehead atoms. The summed E-state index contributed by atoms with van der Waals surface area (Å²) in [6.45, 7) is 2.56. The third-order valence-electron chi connectivity index (χ3n) is 2.07. The molecule has 1 aromatic heterocycles. The lowest BCUT2D eigenvalue weighted by Crippen LogP contribution is -1.95. The molecule has 1 heterocycles. The van der Waals surface area contributed by atoms with E-state index >= 15 is 0 Å². The first-order valence-corrected chi connectivity index (χ1v) is 5.39. The van der Waals surface area contributed by atoms with Crippen LogP contribution < -0.4 is 4.74 Å². The molecule has 0 unspecified atom stereocenters. The van der Waals surface area contributed by atoms with Crippen LogP contribution in [-0.4, -0.2) is 16.6 Å². The minimum Gasteiger partial charge on any atom is -0.493 e. The summed E-state index contributed by atoms with van der Waals surface area (Å²) in [6, 6.07) is 7.69. The highest BCUT2D eigenvalue weighted by molar-refractivity contribution is 6.29. The average Bonchev–Trinajstić information content (AvgIpc) is 2.30. The Morgan fingerprint density at radius 2 is 2.06 bits per heavy atom. The lowest BCUT2D eigenvalue weighted by Gasteiger charge is -2.08. The van der Waals surface area contributed by atoms with Crippen LogP contribution in [0, 0.1) is 0 Å². The SMILES string of the molecule is CCOc1ccccc1-c1cncc(Cl)n1. The number of para-hydroxylation sites is 1. The molecular formula is C12H11ClN2O. The van der Waals surface area contributed by atoms with Gasteiger partial charge in [-0.05, 0) is 19.1 Å². The molecule has 16 heavy (non-hydrogen) atoms. The lowest BCUT2D eigenvalue weighted by molar-refractivity contribution is 0.341. The molecule has 2 rings (SSSR count). The van der Waals surface area contributed by atoms with Gasteiger partial charge in [0.2, 0.25) is 0 Å². The maximum absolute atomic E-state index is 5.81. The van der Waals surface area contributed by atoms with Gasteiger partial charge in [0.1, 0.15) is 10.9 Å². The van der Waals surface area contributed by atoms with Crippen LogP contribution in [0.25, 0.3) is 11.3 Å². The van der Waals surface area contributed by atoms with Crippen molar-refractivity contribution in [1.29, 1.82) is 0 Å². The van der Waals surface area contributed by atoms with Gasteiger partial charge in [-0.15, -0.1) is 0 Å². The molecule has 0 aliphatic heterocycles. The summed E-state index contributed by atoms with van der Waals surface area (Å²) in [7, 11) is 0. The highest BCUT2D eigenvalue weighted by Crippen LogP contribution is 2.28. The summed E-state index contributed by atoms with van der Waals surface area (Å²) in [5, 5.41) is 0.379. The van der Waals surface area contributed by atoms with Crippen molar-refractivity contribution in [2.24, 2.45) is 0 Å². The number of aromatic nitrogens is 2. The summed E-state index contributed by atoms with van der Waals surface area (Å²) in [4.78, 5) is 8.22. The normalized spacial score (nSPS) is 10.1. The Morgan fingerprint density at radius 1 is 1.25 bits per heavy atom. The highest BCUT2D eigenvalue weighted by Gasteiger charge is 2.07. The van der Waals surface area contributed by atoms with Crippen LogP contribution in [-0.2, 0) is 0 Å². The van der Waals surface area contributed by atoms with Crippen molar-refractivity contribution in [3.63, 3.8) is 0 Å². The van der Waals surface area contributed by atoms with E-state index in [2.05, 4.69) is 9.97 Å². The quantitative estimate of drug-likeness (QED) is 0.818. The number of halogens is 1. The first-order valence-electron chi connectivity index (χ1n) is 5.01. The topological polar surface area (TPSA) is 35.0 Å². The van der Waals surface area contributed by atoms with Crippen LogP contribution in [0.2, 0.25) is 5.15 Å². The first-order chi connectivity index (χ1) is 7.81. The number of hydrogen-bond donors (Lipinski definition) is 0. The predicted octanol–water partition coefficient (Wildman–Crippen LogP) is 3.20. The zero-order valence-electron chi connectivity index (χ0n) is 8.85. The Morgan fingerprint density at radius 3 is 2.81 bits per heavy atom. The van der Waals surface area contributed by atoms with Crippen LogP contribution in [0.4, 0.5) is 0 Å². The molecule has 0 saturated heterocycles. The standard InChI is InChI=1S/C12H11ClN2O/c1-2-16-11-6-4-3-5-9(11)10-7-14-8-12(13)15-10/h3-8H,2H2,1H3. The molecule has 0 aliphatic rings. The summed E-state index contributed by atoms with van der Waals surface area (Å²) in [5.41, 5.74) is 1.62. The van der Waals surface area contributed by atoms with Crippen LogP contribution >= 0.6 is 11.6 Å². The summed E-state index contributed by atoms with van der Waals surface area (Å²) < 4.78 is 5.52. The lowest BCUT2D eigenvalue weighted by atomic mass is 10.1. The summed E-state index contributed by atoms with van der Waals surface area (Å²) in [6.07, 6.45) is 3.18. The monoisotopic (exact) mass is 234 g/mol. The fourth-order valence-electron chi connectivity index (χ4n) is 1.43. The molecule has 0 amide bonds. The van der Waals surface area contributed by atoms with Gasteiger partial charge >= 0.3 is 0 Å². The highest BCUT2D eigenvalue weighted by atomic mass is 35.5. The predicted molar refractivity (Wildman–Crippen MR) is 63.6 cm³/mol. The number of rotatable bonds is 3. The summed E-state index contributed by atoms with van der Waals surface area (Å²) in [5.74, 6) is 0.793. The molecule has 2 aromatic rings. The Kier molecular flexibility index (Phi) is 3.37. The maximum Gasteiger partial charge on any atom is 0.148 e. The van der Waals surface area contributed by atoms with E-state index in [-0.39, 0.29) is 0 Å². The van der Waals surface area contributed by atoms with Gasteiger partial charge in [-0.3, -0.25) is 4.98 Å². The zero-order chi connectivity index (χ0) is 11.4. The molecule has 82 valence electrons. The summed E-state index contributed by atoms with van der Waals surface area (Å²) >= 11 is 5.81. The van der Waals surface area contributed by atoms with Gasteiger partial charge in [-0.25, -0.2) is 4.98 Å². The van der Waals surface area contributed by atoms with Crippen molar-refractivity contribution in [3.8, 4) is 17.0 Å². The number of hydrogen-bond acceptors (Lipinski definition) is 3. The van der Waals surface area contributed by atoms with Gasteiger partial charge in [0.25, 0.3) is 0 Å².